The Balaban J connectivity index is 1.49. The van der Waals surface area contributed by atoms with Gasteiger partial charge >= 0.3 is 0 Å². The molecule has 0 atom stereocenters. The van der Waals surface area contributed by atoms with Gasteiger partial charge in [0, 0.05) is 50.7 Å². The molecule has 6 nitrogen and oxygen atoms in total. The summed E-state index contributed by atoms with van der Waals surface area (Å²) in [6.45, 7) is 4.98. The first-order valence-corrected chi connectivity index (χ1v) is 8.73. The Morgan fingerprint density at radius 1 is 1.23 bits per heavy atom. The number of ether oxygens (including phenoxy) is 1. The zero-order chi connectivity index (χ0) is 18.2. The summed E-state index contributed by atoms with van der Waals surface area (Å²) in [6.07, 6.45) is 3.14. The summed E-state index contributed by atoms with van der Waals surface area (Å²) in [6, 6.07) is 8.31. The van der Waals surface area contributed by atoms with Crippen molar-refractivity contribution in [3.05, 3.63) is 59.7 Å². The maximum atomic E-state index is 13.7. The Morgan fingerprint density at radius 3 is 2.85 bits per heavy atom. The Labute approximate surface area is 152 Å². The maximum absolute atomic E-state index is 13.7. The Hall–Kier alpha value is -2.51. The van der Waals surface area contributed by atoms with Gasteiger partial charge in [-0.1, -0.05) is 18.2 Å². The van der Waals surface area contributed by atoms with E-state index in [1.54, 1.807) is 30.5 Å². The van der Waals surface area contributed by atoms with Gasteiger partial charge < -0.3 is 15.4 Å². The molecular formula is C19H23FN4O2. The van der Waals surface area contributed by atoms with E-state index >= 15 is 0 Å². The van der Waals surface area contributed by atoms with Gasteiger partial charge in [0.05, 0.1) is 24.5 Å². The Kier molecular flexibility index (Phi) is 6.51. The number of amides is 1. The van der Waals surface area contributed by atoms with Crippen LogP contribution in [0.1, 0.15) is 15.9 Å². The molecule has 1 aliphatic rings. The van der Waals surface area contributed by atoms with Gasteiger partial charge in [-0.15, -0.1) is 0 Å². The van der Waals surface area contributed by atoms with Crippen molar-refractivity contribution in [2.45, 2.75) is 6.54 Å². The van der Waals surface area contributed by atoms with Crippen LogP contribution in [0, 0.1) is 5.82 Å². The molecule has 7 heteroatoms. The lowest BCUT2D eigenvalue weighted by Crippen LogP contribution is -2.41. The summed E-state index contributed by atoms with van der Waals surface area (Å²) >= 11 is 0. The number of carbonyl (C=O) groups is 1. The molecule has 138 valence electrons. The van der Waals surface area contributed by atoms with E-state index in [1.165, 1.54) is 12.3 Å². The van der Waals surface area contributed by atoms with E-state index in [-0.39, 0.29) is 11.7 Å². The molecule has 1 saturated heterocycles. The second kappa shape index (κ2) is 9.26. The van der Waals surface area contributed by atoms with Gasteiger partial charge in [0.2, 0.25) is 0 Å². The van der Waals surface area contributed by atoms with Crippen LogP contribution in [0.4, 0.5) is 10.1 Å². The second-order valence-electron chi connectivity index (χ2n) is 6.12. The summed E-state index contributed by atoms with van der Waals surface area (Å²) in [4.78, 5) is 18.6. The van der Waals surface area contributed by atoms with Crippen molar-refractivity contribution in [1.29, 1.82) is 0 Å². The molecule has 0 unspecified atom stereocenters. The Morgan fingerprint density at radius 2 is 2.04 bits per heavy atom. The number of morpholine rings is 1. The summed E-state index contributed by atoms with van der Waals surface area (Å²) in [7, 11) is 0. The van der Waals surface area contributed by atoms with Crippen LogP contribution in [0.5, 0.6) is 0 Å². The number of benzene rings is 1. The molecule has 1 fully saturated rings. The summed E-state index contributed by atoms with van der Waals surface area (Å²) in [5.41, 5.74) is 1.72. The number of pyridine rings is 1. The van der Waals surface area contributed by atoms with Crippen LogP contribution in [0.3, 0.4) is 0 Å². The fourth-order valence-electron chi connectivity index (χ4n) is 2.75. The maximum Gasteiger partial charge on any atom is 0.252 e. The minimum absolute atomic E-state index is 0.166. The first-order chi connectivity index (χ1) is 12.7. The van der Waals surface area contributed by atoms with E-state index in [4.69, 9.17) is 4.74 Å². The van der Waals surface area contributed by atoms with E-state index in [2.05, 4.69) is 20.5 Å². The van der Waals surface area contributed by atoms with Crippen LogP contribution in [0.25, 0.3) is 0 Å². The van der Waals surface area contributed by atoms with Crippen LogP contribution in [-0.2, 0) is 11.3 Å². The molecule has 2 heterocycles. The molecule has 3 rings (SSSR count). The van der Waals surface area contributed by atoms with E-state index in [0.29, 0.717) is 29.9 Å². The van der Waals surface area contributed by atoms with Crippen molar-refractivity contribution in [2.75, 3.05) is 44.7 Å². The molecule has 0 saturated carbocycles. The average molecular weight is 358 g/mol. The van der Waals surface area contributed by atoms with Crippen LogP contribution < -0.4 is 10.6 Å². The average Bonchev–Trinajstić information content (AvgIpc) is 2.68. The van der Waals surface area contributed by atoms with Crippen molar-refractivity contribution < 1.29 is 13.9 Å². The molecule has 0 spiro atoms. The number of anilines is 1. The first kappa shape index (κ1) is 18.3. The highest BCUT2D eigenvalue weighted by Crippen LogP contribution is 2.12. The first-order valence-electron chi connectivity index (χ1n) is 8.73. The summed E-state index contributed by atoms with van der Waals surface area (Å²) < 4.78 is 19.0. The predicted molar refractivity (Wildman–Crippen MR) is 97.6 cm³/mol. The van der Waals surface area contributed by atoms with Crippen molar-refractivity contribution in [2.24, 2.45) is 0 Å². The third kappa shape index (κ3) is 5.24. The monoisotopic (exact) mass is 358 g/mol. The van der Waals surface area contributed by atoms with Gasteiger partial charge in [0.1, 0.15) is 5.82 Å². The number of hydrogen-bond donors (Lipinski definition) is 2. The topological polar surface area (TPSA) is 66.5 Å². The fourth-order valence-corrected chi connectivity index (χ4v) is 2.75. The number of rotatable bonds is 7. The molecule has 0 bridgehead atoms. The largest absolute Gasteiger partial charge is 0.380 e. The van der Waals surface area contributed by atoms with E-state index in [0.717, 1.165) is 32.8 Å². The molecule has 0 aliphatic carbocycles. The van der Waals surface area contributed by atoms with E-state index in [1.807, 2.05) is 0 Å². The molecule has 1 aromatic carbocycles. The highest BCUT2D eigenvalue weighted by Gasteiger charge is 2.11. The van der Waals surface area contributed by atoms with Crippen molar-refractivity contribution in [1.82, 2.24) is 15.2 Å². The molecule has 1 amide bonds. The van der Waals surface area contributed by atoms with Gasteiger partial charge in [-0.25, -0.2) is 4.39 Å². The van der Waals surface area contributed by atoms with Gasteiger partial charge in [-0.3, -0.25) is 14.7 Å². The van der Waals surface area contributed by atoms with Crippen LogP contribution in [-0.4, -0.2) is 55.2 Å². The second-order valence-corrected chi connectivity index (χ2v) is 6.12. The third-order valence-electron chi connectivity index (χ3n) is 4.26. The SMILES string of the molecule is O=C(NCCN1CCOCC1)c1cncc(NCc2ccccc2F)c1. The Bertz CT molecular complexity index is 735. The van der Waals surface area contributed by atoms with E-state index in [9.17, 15) is 9.18 Å². The number of nitrogens with zero attached hydrogens (tertiary/aromatic N) is 2. The lowest BCUT2D eigenvalue weighted by Gasteiger charge is -2.26. The van der Waals surface area contributed by atoms with Gasteiger partial charge in [0.25, 0.3) is 5.91 Å². The quantitative estimate of drug-likeness (QED) is 0.791. The van der Waals surface area contributed by atoms with Crippen LogP contribution >= 0.6 is 0 Å². The van der Waals surface area contributed by atoms with Gasteiger partial charge in [-0.2, -0.15) is 0 Å². The van der Waals surface area contributed by atoms with Gasteiger partial charge in [-0.05, 0) is 12.1 Å². The number of carbonyl (C=O) groups excluding carboxylic acids is 1. The molecule has 26 heavy (non-hydrogen) atoms. The zero-order valence-corrected chi connectivity index (χ0v) is 14.6. The molecule has 1 aliphatic heterocycles. The third-order valence-corrected chi connectivity index (χ3v) is 4.26. The predicted octanol–water partition coefficient (Wildman–Crippen LogP) is 1.89. The number of halogens is 1. The molecule has 2 aromatic rings. The van der Waals surface area contributed by atoms with Crippen molar-refractivity contribution in [3.8, 4) is 0 Å². The van der Waals surface area contributed by atoms with Crippen LogP contribution in [0.2, 0.25) is 0 Å². The lowest BCUT2D eigenvalue weighted by molar-refractivity contribution is 0.0383. The molecule has 0 radical (unpaired) electrons. The molecule has 2 N–H and O–H groups in total. The van der Waals surface area contributed by atoms with Crippen molar-refractivity contribution in [3.63, 3.8) is 0 Å². The van der Waals surface area contributed by atoms with Crippen LogP contribution in [0.15, 0.2) is 42.7 Å². The summed E-state index contributed by atoms with van der Waals surface area (Å²) in [5, 5.41) is 6.01. The summed E-state index contributed by atoms with van der Waals surface area (Å²) in [5.74, 6) is -0.426. The normalized spacial score (nSPS) is 14.8. The van der Waals surface area contributed by atoms with E-state index < -0.39 is 0 Å². The highest BCUT2D eigenvalue weighted by atomic mass is 19.1. The fraction of sp³-hybridized carbons (Fsp3) is 0.368. The van der Waals surface area contributed by atoms with Gasteiger partial charge in [0.15, 0.2) is 0 Å². The standard InChI is InChI=1S/C19H23FN4O2/c20-18-4-2-1-3-15(18)13-23-17-11-16(12-21-14-17)19(25)22-5-6-24-7-9-26-10-8-24/h1-4,11-12,14,23H,5-10,13H2,(H,22,25). The molecular weight excluding hydrogens is 335 g/mol. The number of hydrogen-bond acceptors (Lipinski definition) is 5. The number of aromatic nitrogens is 1. The minimum Gasteiger partial charge on any atom is -0.380 e. The smallest absolute Gasteiger partial charge is 0.252 e. The number of nitrogens with one attached hydrogen (secondary N) is 2. The lowest BCUT2D eigenvalue weighted by atomic mass is 10.2. The highest BCUT2D eigenvalue weighted by molar-refractivity contribution is 5.94. The zero-order valence-electron chi connectivity index (χ0n) is 14.6. The minimum atomic E-state index is -0.259. The van der Waals surface area contributed by atoms with Crippen molar-refractivity contribution >= 4 is 11.6 Å². The molecule has 1 aromatic heterocycles.